The van der Waals surface area contributed by atoms with Crippen molar-refractivity contribution in [1.82, 2.24) is 0 Å². The monoisotopic (exact) mass is 164 g/mol. The molecule has 0 fully saturated rings. The van der Waals surface area contributed by atoms with Crippen LogP contribution in [0.25, 0.3) is 0 Å². The lowest BCUT2D eigenvalue weighted by molar-refractivity contribution is 0.625. The highest BCUT2D eigenvalue weighted by molar-refractivity contribution is 5.20. The van der Waals surface area contributed by atoms with Gasteiger partial charge in [-0.25, -0.2) is 4.39 Å². The molecule has 12 heavy (non-hydrogen) atoms. The van der Waals surface area contributed by atoms with E-state index in [1.165, 1.54) is 12.1 Å². The van der Waals surface area contributed by atoms with Crippen LogP contribution in [-0.2, 0) is 0 Å². The first-order valence-corrected chi connectivity index (χ1v) is 4.10. The summed E-state index contributed by atoms with van der Waals surface area (Å²) >= 11 is 0. The molecule has 0 aromatic heterocycles. The van der Waals surface area contributed by atoms with Gasteiger partial charge in [-0.3, -0.25) is 0 Å². The molecule has 1 rings (SSSR count). The summed E-state index contributed by atoms with van der Waals surface area (Å²) in [7, 11) is 0. The fourth-order valence-corrected chi connectivity index (χ4v) is 1.18. The summed E-state index contributed by atoms with van der Waals surface area (Å²) in [4.78, 5) is 0. The minimum absolute atomic E-state index is 0.176. The van der Waals surface area contributed by atoms with Crippen LogP contribution in [0.1, 0.15) is 24.8 Å². The van der Waals surface area contributed by atoms with Gasteiger partial charge in [0, 0.05) is 0 Å². The first-order chi connectivity index (χ1) is 5.74. The fourth-order valence-electron chi connectivity index (χ4n) is 1.18. The molecular formula is C11H13F. The topological polar surface area (TPSA) is 0 Å². The molecule has 0 nitrogen and oxygen atoms in total. The highest BCUT2D eigenvalue weighted by Gasteiger charge is 2.02. The van der Waals surface area contributed by atoms with E-state index in [2.05, 4.69) is 13.5 Å². The maximum Gasteiger partial charge on any atom is 0.123 e. The van der Waals surface area contributed by atoms with Gasteiger partial charge < -0.3 is 0 Å². The second-order valence-electron chi connectivity index (χ2n) is 2.98. The van der Waals surface area contributed by atoms with Gasteiger partial charge in [0.1, 0.15) is 5.82 Å². The van der Waals surface area contributed by atoms with Crippen LogP contribution < -0.4 is 0 Å². The van der Waals surface area contributed by atoms with Crippen LogP contribution in [0, 0.1) is 5.82 Å². The van der Waals surface area contributed by atoms with Crippen LogP contribution in [0.15, 0.2) is 36.9 Å². The normalized spacial score (nSPS) is 12.5. The van der Waals surface area contributed by atoms with Gasteiger partial charge in [0.25, 0.3) is 0 Å². The first kappa shape index (κ1) is 8.98. The molecule has 0 N–H and O–H groups in total. The SMILES string of the molecule is C=CC[C@H](C)c1ccc(F)cc1. The summed E-state index contributed by atoms with van der Waals surface area (Å²) in [6, 6.07) is 6.64. The van der Waals surface area contributed by atoms with Gasteiger partial charge in [0.15, 0.2) is 0 Å². The third-order valence-electron chi connectivity index (χ3n) is 1.96. The third-order valence-corrected chi connectivity index (χ3v) is 1.96. The predicted octanol–water partition coefficient (Wildman–Crippen LogP) is 3.51. The van der Waals surface area contributed by atoms with Crippen molar-refractivity contribution in [2.24, 2.45) is 0 Å². The molecule has 1 aromatic carbocycles. The highest BCUT2D eigenvalue weighted by Crippen LogP contribution is 2.18. The van der Waals surface area contributed by atoms with E-state index in [9.17, 15) is 4.39 Å². The van der Waals surface area contributed by atoms with E-state index < -0.39 is 0 Å². The smallest absolute Gasteiger partial charge is 0.123 e. The van der Waals surface area contributed by atoms with Gasteiger partial charge in [-0.15, -0.1) is 6.58 Å². The average molecular weight is 164 g/mol. The molecule has 1 atom stereocenters. The summed E-state index contributed by atoms with van der Waals surface area (Å²) in [5, 5.41) is 0. The van der Waals surface area contributed by atoms with Crippen molar-refractivity contribution >= 4 is 0 Å². The Bertz CT molecular complexity index is 248. The van der Waals surface area contributed by atoms with Crippen LogP contribution in [0.4, 0.5) is 4.39 Å². The van der Waals surface area contributed by atoms with Crippen LogP contribution in [0.3, 0.4) is 0 Å². The van der Waals surface area contributed by atoms with Crippen molar-refractivity contribution in [3.63, 3.8) is 0 Å². The van der Waals surface area contributed by atoms with Gasteiger partial charge in [-0.2, -0.15) is 0 Å². The van der Waals surface area contributed by atoms with E-state index in [1.54, 1.807) is 0 Å². The van der Waals surface area contributed by atoms with Gasteiger partial charge in [0.2, 0.25) is 0 Å². The van der Waals surface area contributed by atoms with E-state index in [1.807, 2.05) is 18.2 Å². The van der Waals surface area contributed by atoms with Gasteiger partial charge >= 0.3 is 0 Å². The molecule has 0 aliphatic carbocycles. The number of halogens is 1. The standard InChI is InChI=1S/C11H13F/c1-3-4-9(2)10-5-7-11(12)8-6-10/h3,5-9H,1,4H2,2H3/t9-/m0/s1. The lowest BCUT2D eigenvalue weighted by Crippen LogP contribution is -1.91. The maximum atomic E-state index is 12.5. The summed E-state index contributed by atoms with van der Waals surface area (Å²) in [5.41, 5.74) is 1.16. The molecular weight excluding hydrogens is 151 g/mol. The van der Waals surface area contributed by atoms with Crippen molar-refractivity contribution in [2.45, 2.75) is 19.3 Å². The number of hydrogen-bond acceptors (Lipinski definition) is 0. The van der Waals surface area contributed by atoms with Gasteiger partial charge in [-0.1, -0.05) is 25.1 Å². The molecule has 0 aliphatic heterocycles. The number of hydrogen-bond donors (Lipinski definition) is 0. The van der Waals surface area contributed by atoms with Crippen molar-refractivity contribution in [3.05, 3.63) is 48.3 Å². The first-order valence-electron chi connectivity index (χ1n) is 4.10. The Balaban J connectivity index is 2.74. The van der Waals surface area contributed by atoms with Crippen molar-refractivity contribution in [2.75, 3.05) is 0 Å². The van der Waals surface area contributed by atoms with Crippen LogP contribution in [0.2, 0.25) is 0 Å². The molecule has 1 heteroatoms. The second-order valence-corrected chi connectivity index (χ2v) is 2.98. The van der Waals surface area contributed by atoms with E-state index >= 15 is 0 Å². The number of benzene rings is 1. The molecule has 0 saturated carbocycles. The van der Waals surface area contributed by atoms with Crippen LogP contribution >= 0.6 is 0 Å². The minimum atomic E-state index is -0.176. The minimum Gasteiger partial charge on any atom is -0.207 e. The van der Waals surface area contributed by atoms with E-state index in [-0.39, 0.29) is 5.82 Å². The lowest BCUT2D eigenvalue weighted by atomic mass is 9.98. The Hall–Kier alpha value is -1.11. The predicted molar refractivity (Wildman–Crippen MR) is 49.6 cm³/mol. The Kier molecular flexibility index (Phi) is 3.03. The van der Waals surface area contributed by atoms with Crippen LogP contribution in [0.5, 0.6) is 0 Å². The molecule has 1 aromatic rings. The number of rotatable bonds is 3. The fraction of sp³-hybridized carbons (Fsp3) is 0.273. The Morgan fingerprint density at radius 1 is 1.42 bits per heavy atom. The Labute approximate surface area is 72.7 Å². The zero-order valence-electron chi connectivity index (χ0n) is 7.26. The van der Waals surface area contributed by atoms with Crippen molar-refractivity contribution < 1.29 is 4.39 Å². The quantitative estimate of drug-likeness (QED) is 0.600. The zero-order chi connectivity index (χ0) is 8.97. The molecule has 0 radical (unpaired) electrons. The zero-order valence-corrected chi connectivity index (χ0v) is 7.26. The van der Waals surface area contributed by atoms with E-state index in [4.69, 9.17) is 0 Å². The van der Waals surface area contributed by atoms with E-state index in [0.717, 1.165) is 12.0 Å². The summed E-state index contributed by atoms with van der Waals surface area (Å²) in [6.45, 7) is 5.78. The maximum absolute atomic E-state index is 12.5. The molecule has 0 amide bonds. The van der Waals surface area contributed by atoms with E-state index in [0.29, 0.717) is 5.92 Å². The second kappa shape index (κ2) is 4.05. The molecule has 0 unspecified atom stereocenters. The Morgan fingerprint density at radius 3 is 2.50 bits per heavy atom. The molecule has 0 heterocycles. The summed E-state index contributed by atoms with van der Waals surface area (Å²) in [5.74, 6) is 0.257. The molecule has 64 valence electrons. The largest absolute Gasteiger partial charge is 0.207 e. The molecule has 0 saturated heterocycles. The Morgan fingerprint density at radius 2 is 2.00 bits per heavy atom. The van der Waals surface area contributed by atoms with Crippen molar-refractivity contribution in [3.8, 4) is 0 Å². The van der Waals surface area contributed by atoms with Crippen LogP contribution in [-0.4, -0.2) is 0 Å². The van der Waals surface area contributed by atoms with Gasteiger partial charge in [0.05, 0.1) is 0 Å². The van der Waals surface area contributed by atoms with Gasteiger partial charge in [-0.05, 0) is 30.0 Å². The molecule has 0 spiro atoms. The molecule has 0 bridgehead atoms. The highest BCUT2D eigenvalue weighted by atomic mass is 19.1. The van der Waals surface area contributed by atoms with Crippen molar-refractivity contribution in [1.29, 1.82) is 0 Å². The summed E-state index contributed by atoms with van der Waals surface area (Å²) in [6.07, 6.45) is 2.82. The lowest BCUT2D eigenvalue weighted by Gasteiger charge is -2.07. The average Bonchev–Trinajstić information content (AvgIpc) is 2.06. The number of allylic oxidation sites excluding steroid dienone is 1. The molecule has 0 aliphatic rings. The third kappa shape index (κ3) is 2.19. The summed E-state index contributed by atoms with van der Waals surface area (Å²) < 4.78 is 12.5.